The number of thioether (sulfide) groups is 1. The highest BCUT2D eigenvalue weighted by molar-refractivity contribution is 7.98. The molecule has 0 aliphatic carbocycles. The minimum Gasteiger partial charge on any atom is -0.489 e. The summed E-state index contributed by atoms with van der Waals surface area (Å²) in [6.07, 6.45) is 5.76. The molecule has 0 bridgehead atoms. The first-order chi connectivity index (χ1) is 9.81. The Morgan fingerprint density at radius 1 is 0.900 bits per heavy atom. The van der Waals surface area contributed by atoms with E-state index >= 15 is 0 Å². The minimum absolute atomic E-state index is 0.632. The van der Waals surface area contributed by atoms with Crippen molar-refractivity contribution in [3.63, 3.8) is 0 Å². The van der Waals surface area contributed by atoms with Crippen molar-refractivity contribution in [3.8, 4) is 5.75 Å². The van der Waals surface area contributed by atoms with Crippen molar-refractivity contribution in [2.75, 3.05) is 6.26 Å². The van der Waals surface area contributed by atoms with Gasteiger partial charge < -0.3 is 4.74 Å². The van der Waals surface area contributed by atoms with Gasteiger partial charge in [0.15, 0.2) is 0 Å². The third-order valence-electron chi connectivity index (χ3n) is 3.31. The van der Waals surface area contributed by atoms with Crippen LogP contribution in [0.1, 0.15) is 30.9 Å². The zero-order valence-electron chi connectivity index (χ0n) is 12.3. The molecule has 2 heteroatoms. The van der Waals surface area contributed by atoms with Crippen LogP contribution in [0.4, 0.5) is 0 Å². The SMILES string of the molecule is CCCCc1ccc(COc2ccc(SC)cc2)cc1. The summed E-state index contributed by atoms with van der Waals surface area (Å²) in [5, 5.41) is 0. The van der Waals surface area contributed by atoms with E-state index in [2.05, 4.69) is 49.6 Å². The lowest BCUT2D eigenvalue weighted by atomic mass is 10.1. The Balaban J connectivity index is 1.86. The van der Waals surface area contributed by atoms with E-state index in [1.54, 1.807) is 11.8 Å². The molecule has 2 rings (SSSR count). The van der Waals surface area contributed by atoms with Gasteiger partial charge >= 0.3 is 0 Å². The van der Waals surface area contributed by atoms with Gasteiger partial charge in [-0.05, 0) is 54.5 Å². The van der Waals surface area contributed by atoms with Gasteiger partial charge in [0.2, 0.25) is 0 Å². The molecule has 0 spiro atoms. The van der Waals surface area contributed by atoms with Crippen LogP contribution in [0.15, 0.2) is 53.4 Å². The number of hydrogen-bond acceptors (Lipinski definition) is 2. The van der Waals surface area contributed by atoms with Gasteiger partial charge in [0, 0.05) is 4.90 Å². The third kappa shape index (κ3) is 4.61. The van der Waals surface area contributed by atoms with Gasteiger partial charge in [0.25, 0.3) is 0 Å². The average Bonchev–Trinajstić information content (AvgIpc) is 2.52. The second-order valence-corrected chi connectivity index (χ2v) is 5.76. The Hall–Kier alpha value is -1.41. The summed E-state index contributed by atoms with van der Waals surface area (Å²) in [5.74, 6) is 0.929. The van der Waals surface area contributed by atoms with Crippen LogP contribution in [0.25, 0.3) is 0 Å². The van der Waals surface area contributed by atoms with Gasteiger partial charge in [-0.2, -0.15) is 0 Å². The summed E-state index contributed by atoms with van der Waals surface area (Å²) in [4.78, 5) is 1.26. The van der Waals surface area contributed by atoms with Crippen molar-refractivity contribution in [2.45, 2.75) is 37.7 Å². The fourth-order valence-corrected chi connectivity index (χ4v) is 2.43. The van der Waals surface area contributed by atoms with Crippen molar-refractivity contribution >= 4 is 11.8 Å². The summed E-state index contributed by atoms with van der Waals surface area (Å²) in [6.45, 7) is 2.86. The smallest absolute Gasteiger partial charge is 0.119 e. The van der Waals surface area contributed by atoms with Gasteiger partial charge in [0.1, 0.15) is 12.4 Å². The van der Waals surface area contributed by atoms with E-state index in [0.29, 0.717) is 6.61 Å². The predicted octanol–water partition coefficient (Wildman–Crippen LogP) is 5.33. The van der Waals surface area contributed by atoms with Crippen molar-refractivity contribution in [2.24, 2.45) is 0 Å². The van der Waals surface area contributed by atoms with Crippen LogP contribution in [0, 0.1) is 0 Å². The van der Waals surface area contributed by atoms with E-state index < -0.39 is 0 Å². The highest BCUT2D eigenvalue weighted by atomic mass is 32.2. The quantitative estimate of drug-likeness (QED) is 0.636. The number of unbranched alkanes of at least 4 members (excludes halogenated alkanes) is 1. The lowest BCUT2D eigenvalue weighted by Gasteiger charge is -2.08. The van der Waals surface area contributed by atoms with Crippen molar-refractivity contribution in [1.82, 2.24) is 0 Å². The van der Waals surface area contributed by atoms with Gasteiger partial charge in [-0.25, -0.2) is 0 Å². The molecule has 0 radical (unpaired) electrons. The molecule has 0 saturated carbocycles. The summed E-state index contributed by atoms with van der Waals surface area (Å²) in [5.41, 5.74) is 2.64. The van der Waals surface area contributed by atoms with E-state index in [9.17, 15) is 0 Å². The van der Waals surface area contributed by atoms with E-state index in [-0.39, 0.29) is 0 Å². The molecule has 0 N–H and O–H groups in total. The molecule has 0 fully saturated rings. The van der Waals surface area contributed by atoms with Gasteiger partial charge in [-0.1, -0.05) is 37.6 Å². The van der Waals surface area contributed by atoms with Crippen LogP contribution < -0.4 is 4.74 Å². The Morgan fingerprint density at radius 3 is 2.15 bits per heavy atom. The molecule has 0 saturated heterocycles. The molecule has 20 heavy (non-hydrogen) atoms. The van der Waals surface area contributed by atoms with Crippen molar-refractivity contribution in [1.29, 1.82) is 0 Å². The Morgan fingerprint density at radius 2 is 1.55 bits per heavy atom. The highest BCUT2D eigenvalue weighted by Crippen LogP contribution is 2.20. The second kappa shape index (κ2) is 8.01. The topological polar surface area (TPSA) is 9.23 Å². The van der Waals surface area contributed by atoms with Crippen LogP contribution in [-0.2, 0) is 13.0 Å². The fraction of sp³-hybridized carbons (Fsp3) is 0.333. The van der Waals surface area contributed by atoms with Crippen LogP contribution in [0.5, 0.6) is 5.75 Å². The maximum atomic E-state index is 5.80. The molecule has 2 aromatic rings. The van der Waals surface area contributed by atoms with E-state index in [4.69, 9.17) is 4.74 Å². The molecule has 0 aliphatic rings. The van der Waals surface area contributed by atoms with Gasteiger partial charge in [-0.3, -0.25) is 0 Å². The fourth-order valence-electron chi connectivity index (χ4n) is 2.02. The molecule has 0 unspecified atom stereocenters. The standard InChI is InChI=1S/C18H22OS/c1-3-4-5-15-6-8-16(9-7-15)14-19-17-10-12-18(20-2)13-11-17/h6-13H,3-5,14H2,1-2H3. The van der Waals surface area contributed by atoms with Gasteiger partial charge in [0.05, 0.1) is 0 Å². The first-order valence-corrected chi connectivity index (χ1v) is 8.39. The average molecular weight is 286 g/mol. The lowest BCUT2D eigenvalue weighted by molar-refractivity contribution is 0.306. The van der Waals surface area contributed by atoms with E-state index in [0.717, 1.165) is 5.75 Å². The predicted molar refractivity (Wildman–Crippen MR) is 87.6 cm³/mol. The maximum absolute atomic E-state index is 5.80. The van der Waals surface area contributed by atoms with Crippen LogP contribution >= 0.6 is 11.8 Å². The number of ether oxygens (including phenoxy) is 1. The molecule has 0 aromatic heterocycles. The monoisotopic (exact) mass is 286 g/mol. The molecule has 106 valence electrons. The van der Waals surface area contributed by atoms with Gasteiger partial charge in [-0.15, -0.1) is 11.8 Å². The Bertz CT molecular complexity index is 502. The molecular weight excluding hydrogens is 264 g/mol. The maximum Gasteiger partial charge on any atom is 0.119 e. The molecule has 0 amide bonds. The van der Waals surface area contributed by atoms with Crippen LogP contribution in [0.2, 0.25) is 0 Å². The normalized spacial score (nSPS) is 10.5. The van der Waals surface area contributed by atoms with Crippen molar-refractivity contribution < 1.29 is 4.74 Å². The number of rotatable bonds is 7. The number of aryl methyl sites for hydroxylation is 1. The molecule has 0 atom stereocenters. The van der Waals surface area contributed by atoms with Crippen molar-refractivity contribution in [3.05, 3.63) is 59.7 Å². The largest absolute Gasteiger partial charge is 0.489 e. The summed E-state index contributed by atoms with van der Waals surface area (Å²) < 4.78 is 5.80. The molecule has 2 aromatic carbocycles. The summed E-state index contributed by atoms with van der Waals surface area (Å²) in [6, 6.07) is 17.0. The van der Waals surface area contributed by atoms with Crippen LogP contribution in [-0.4, -0.2) is 6.26 Å². The number of benzene rings is 2. The van der Waals surface area contributed by atoms with E-state index in [1.165, 1.54) is 35.3 Å². The molecule has 0 aliphatic heterocycles. The molecule has 1 nitrogen and oxygen atoms in total. The Kier molecular flexibility index (Phi) is 6.00. The minimum atomic E-state index is 0.632. The Labute approximate surface area is 126 Å². The summed E-state index contributed by atoms with van der Waals surface area (Å²) >= 11 is 1.74. The first kappa shape index (κ1) is 15.0. The first-order valence-electron chi connectivity index (χ1n) is 7.16. The lowest BCUT2D eigenvalue weighted by Crippen LogP contribution is -1.95. The molecular formula is C18H22OS. The third-order valence-corrected chi connectivity index (χ3v) is 4.05. The number of hydrogen-bond donors (Lipinski definition) is 0. The second-order valence-electron chi connectivity index (χ2n) is 4.88. The zero-order valence-corrected chi connectivity index (χ0v) is 13.1. The zero-order chi connectivity index (χ0) is 14.2. The van der Waals surface area contributed by atoms with E-state index in [1.807, 2.05) is 12.1 Å². The highest BCUT2D eigenvalue weighted by Gasteiger charge is 1.98. The molecule has 0 heterocycles. The summed E-state index contributed by atoms with van der Waals surface area (Å²) in [7, 11) is 0. The van der Waals surface area contributed by atoms with Crippen LogP contribution in [0.3, 0.4) is 0 Å².